The SMILES string of the molecule is CC1SCC(C(=O)O)N1C(=O)c1cccc(Cl)c1Cl. The van der Waals surface area contributed by atoms with E-state index in [-0.39, 0.29) is 21.0 Å². The number of amides is 1. The van der Waals surface area contributed by atoms with E-state index in [4.69, 9.17) is 28.3 Å². The van der Waals surface area contributed by atoms with Crippen molar-refractivity contribution in [2.24, 2.45) is 0 Å². The van der Waals surface area contributed by atoms with E-state index in [0.29, 0.717) is 5.75 Å². The summed E-state index contributed by atoms with van der Waals surface area (Å²) < 4.78 is 0. The highest BCUT2D eigenvalue weighted by Crippen LogP contribution is 2.33. The lowest BCUT2D eigenvalue weighted by Gasteiger charge is -2.25. The minimum Gasteiger partial charge on any atom is -0.480 e. The molecule has 0 saturated carbocycles. The van der Waals surface area contributed by atoms with Gasteiger partial charge in [-0.15, -0.1) is 11.8 Å². The fourth-order valence-electron chi connectivity index (χ4n) is 1.95. The minimum atomic E-state index is -1.01. The first kappa shape index (κ1) is 14.5. The van der Waals surface area contributed by atoms with Crippen molar-refractivity contribution in [1.82, 2.24) is 4.90 Å². The molecule has 4 nitrogen and oxygen atoms in total. The fourth-order valence-corrected chi connectivity index (χ4v) is 3.50. The van der Waals surface area contributed by atoms with Gasteiger partial charge in [-0.3, -0.25) is 4.79 Å². The molecule has 2 atom stereocenters. The second kappa shape index (κ2) is 5.61. The topological polar surface area (TPSA) is 57.6 Å². The average Bonchev–Trinajstić information content (AvgIpc) is 2.74. The molecule has 19 heavy (non-hydrogen) atoms. The van der Waals surface area contributed by atoms with Crippen molar-refractivity contribution in [1.29, 1.82) is 0 Å². The van der Waals surface area contributed by atoms with E-state index >= 15 is 0 Å². The van der Waals surface area contributed by atoms with Gasteiger partial charge in [0.05, 0.1) is 21.0 Å². The largest absolute Gasteiger partial charge is 0.480 e. The molecule has 102 valence electrons. The molecule has 1 saturated heterocycles. The summed E-state index contributed by atoms with van der Waals surface area (Å²) in [4.78, 5) is 25.0. The Labute approximate surface area is 124 Å². The van der Waals surface area contributed by atoms with Gasteiger partial charge in [-0.2, -0.15) is 0 Å². The number of carboxylic acid groups (broad SMARTS) is 1. The van der Waals surface area contributed by atoms with E-state index < -0.39 is 17.9 Å². The van der Waals surface area contributed by atoms with E-state index in [2.05, 4.69) is 0 Å². The maximum absolute atomic E-state index is 12.5. The van der Waals surface area contributed by atoms with Crippen molar-refractivity contribution in [3.8, 4) is 0 Å². The Morgan fingerprint density at radius 3 is 2.74 bits per heavy atom. The van der Waals surface area contributed by atoms with E-state index in [1.807, 2.05) is 0 Å². The zero-order chi connectivity index (χ0) is 14.2. The molecule has 1 N–H and O–H groups in total. The van der Waals surface area contributed by atoms with Crippen LogP contribution in [0.15, 0.2) is 18.2 Å². The van der Waals surface area contributed by atoms with Crippen molar-refractivity contribution in [2.45, 2.75) is 18.3 Å². The highest BCUT2D eigenvalue weighted by molar-refractivity contribution is 8.00. The van der Waals surface area contributed by atoms with Gasteiger partial charge >= 0.3 is 5.97 Å². The molecule has 1 heterocycles. The normalized spacial score (nSPS) is 22.6. The standard InChI is InChI=1S/C12H11Cl2NO3S/c1-6-15(9(5-19-6)12(17)18)11(16)7-3-2-4-8(13)10(7)14/h2-4,6,9H,5H2,1H3,(H,17,18). The molecule has 2 unspecified atom stereocenters. The van der Waals surface area contributed by atoms with Crippen LogP contribution < -0.4 is 0 Å². The Morgan fingerprint density at radius 1 is 1.42 bits per heavy atom. The highest BCUT2D eigenvalue weighted by Gasteiger charge is 2.40. The smallest absolute Gasteiger partial charge is 0.327 e. The third-order valence-corrected chi connectivity index (χ3v) is 4.96. The van der Waals surface area contributed by atoms with E-state index in [9.17, 15) is 9.59 Å². The maximum Gasteiger partial charge on any atom is 0.327 e. The Morgan fingerprint density at radius 2 is 2.11 bits per heavy atom. The molecule has 2 rings (SSSR count). The molecule has 0 aromatic heterocycles. The van der Waals surface area contributed by atoms with Gasteiger partial charge in [0.15, 0.2) is 0 Å². The Bertz CT molecular complexity index is 538. The molecule has 1 aliphatic rings. The van der Waals surface area contributed by atoms with E-state index in [1.54, 1.807) is 25.1 Å². The van der Waals surface area contributed by atoms with Gasteiger partial charge in [0.25, 0.3) is 5.91 Å². The van der Waals surface area contributed by atoms with Crippen LogP contribution in [0.4, 0.5) is 0 Å². The zero-order valence-electron chi connectivity index (χ0n) is 9.97. The first-order valence-corrected chi connectivity index (χ1v) is 7.35. The Hall–Kier alpha value is -0.910. The molecule has 7 heteroatoms. The molecule has 0 spiro atoms. The molecule has 0 aliphatic carbocycles. The summed E-state index contributed by atoms with van der Waals surface area (Å²) in [6.07, 6.45) is 0. The van der Waals surface area contributed by atoms with Gasteiger partial charge in [-0.05, 0) is 19.1 Å². The van der Waals surface area contributed by atoms with Gasteiger partial charge in [-0.1, -0.05) is 29.3 Å². The van der Waals surface area contributed by atoms with Crippen LogP contribution in [0.1, 0.15) is 17.3 Å². The summed E-state index contributed by atoms with van der Waals surface area (Å²) in [5, 5.41) is 9.38. The lowest BCUT2D eigenvalue weighted by Crippen LogP contribution is -2.44. The summed E-state index contributed by atoms with van der Waals surface area (Å²) >= 11 is 13.3. The number of thioether (sulfide) groups is 1. The van der Waals surface area contributed by atoms with Crippen LogP contribution in [0.5, 0.6) is 0 Å². The van der Waals surface area contributed by atoms with E-state index in [1.165, 1.54) is 16.7 Å². The van der Waals surface area contributed by atoms with Gasteiger partial charge in [0, 0.05) is 5.75 Å². The number of carbonyl (C=O) groups excluding carboxylic acids is 1. The summed E-state index contributed by atoms with van der Waals surface area (Å²) in [5.41, 5.74) is 0.231. The highest BCUT2D eigenvalue weighted by atomic mass is 35.5. The molecule has 1 aliphatic heterocycles. The third kappa shape index (κ3) is 2.68. The van der Waals surface area contributed by atoms with Gasteiger partial charge in [0.2, 0.25) is 0 Å². The van der Waals surface area contributed by atoms with Crippen LogP contribution in [0, 0.1) is 0 Å². The molecule has 1 aromatic rings. The fraction of sp³-hybridized carbons (Fsp3) is 0.333. The first-order chi connectivity index (χ1) is 8.93. The van der Waals surface area contributed by atoms with Crippen molar-refractivity contribution >= 4 is 46.8 Å². The summed E-state index contributed by atoms with van der Waals surface area (Å²) in [7, 11) is 0. The number of carbonyl (C=O) groups is 2. The Balaban J connectivity index is 2.37. The van der Waals surface area contributed by atoms with Crippen LogP contribution >= 0.6 is 35.0 Å². The number of halogens is 2. The number of carboxylic acids is 1. The second-order valence-corrected chi connectivity index (χ2v) is 6.23. The van der Waals surface area contributed by atoms with Crippen molar-refractivity contribution < 1.29 is 14.7 Å². The number of nitrogens with zero attached hydrogens (tertiary/aromatic N) is 1. The number of hydrogen-bond donors (Lipinski definition) is 1. The summed E-state index contributed by atoms with van der Waals surface area (Å²) in [6.45, 7) is 1.80. The summed E-state index contributed by atoms with van der Waals surface area (Å²) in [6, 6.07) is 3.91. The number of aliphatic carboxylic acids is 1. The van der Waals surface area contributed by atoms with Crippen molar-refractivity contribution in [3.63, 3.8) is 0 Å². The van der Waals surface area contributed by atoms with Gasteiger partial charge in [-0.25, -0.2) is 4.79 Å². The first-order valence-electron chi connectivity index (χ1n) is 5.54. The van der Waals surface area contributed by atoms with Crippen LogP contribution in [0.2, 0.25) is 10.0 Å². The molecular formula is C12H11Cl2NO3S. The molecule has 1 amide bonds. The van der Waals surface area contributed by atoms with Crippen LogP contribution in [0.3, 0.4) is 0 Å². The third-order valence-electron chi connectivity index (χ3n) is 2.92. The summed E-state index contributed by atoms with van der Waals surface area (Å²) in [5.74, 6) is -1.04. The lowest BCUT2D eigenvalue weighted by atomic mass is 10.1. The second-order valence-electron chi connectivity index (χ2n) is 4.10. The molecule has 0 radical (unpaired) electrons. The van der Waals surface area contributed by atoms with Crippen LogP contribution in [-0.4, -0.2) is 39.1 Å². The molecule has 1 fully saturated rings. The monoisotopic (exact) mass is 319 g/mol. The quantitative estimate of drug-likeness (QED) is 0.910. The van der Waals surface area contributed by atoms with E-state index in [0.717, 1.165) is 0 Å². The predicted molar refractivity (Wildman–Crippen MR) is 76.0 cm³/mol. The van der Waals surface area contributed by atoms with Crippen molar-refractivity contribution in [3.05, 3.63) is 33.8 Å². The molecule has 0 bridgehead atoms. The maximum atomic E-state index is 12.5. The predicted octanol–water partition coefficient (Wildman–Crippen LogP) is 2.98. The van der Waals surface area contributed by atoms with Crippen LogP contribution in [-0.2, 0) is 4.79 Å². The van der Waals surface area contributed by atoms with Gasteiger partial charge < -0.3 is 10.0 Å². The number of hydrogen-bond acceptors (Lipinski definition) is 3. The lowest BCUT2D eigenvalue weighted by molar-refractivity contribution is -0.141. The number of rotatable bonds is 2. The molecular weight excluding hydrogens is 309 g/mol. The van der Waals surface area contributed by atoms with Crippen LogP contribution in [0.25, 0.3) is 0 Å². The zero-order valence-corrected chi connectivity index (χ0v) is 12.3. The minimum absolute atomic E-state index is 0.155. The molecule has 1 aromatic carbocycles. The van der Waals surface area contributed by atoms with Gasteiger partial charge in [0.1, 0.15) is 6.04 Å². The number of benzene rings is 1. The average molecular weight is 320 g/mol. The van der Waals surface area contributed by atoms with Crippen molar-refractivity contribution in [2.75, 3.05) is 5.75 Å². The Kier molecular flexibility index (Phi) is 4.28.